The van der Waals surface area contributed by atoms with Crippen molar-refractivity contribution in [2.24, 2.45) is 10.9 Å². The van der Waals surface area contributed by atoms with Crippen LogP contribution in [0.5, 0.6) is 0 Å². The van der Waals surface area contributed by atoms with Crippen LogP contribution in [0.1, 0.15) is 26.2 Å². The predicted octanol–water partition coefficient (Wildman–Crippen LogP) is 0.809. The van der Waals surface area contributed by atoms with E-state index in [1.165, 1.54) is 0 Å². The summed E-state index contributed by atoms with van der Waals surface area (Å²) in [6.07, 6.45) is 2.00. The van der Waals surface area contributed by atoms with E-state index in [0.29, 0.717) is 18.8 Å². The van der Waals surface area contributed by atoms with Gasteiger partial charge in [0.15, 0.2) is 0 Å². The summed E-state index contributed by atoms with van der Waals surface area (Å²) < 4.78 is 0. The van der Waals surface area contributed by atoms with Crippen LogP contribution in [0.4, 0.5) is 0 Å². The third-order valence-electron chi connectivity index (χ3n) is 1.79. The molecular formula is C8H19AcCl2N3O3. The minimum absolute atomic E-state index is 0. The van der Waals surface area contributed by atoms with E-state index in [-0.39, 0.29) is 68.9 Å². The predicted molar refractivity (Wildman–Crippen MR) is 66.9 cm³/mol. The van der Waals surface area contributed by atoms with Crippen LogP contribution in [0.15, 0.2) is 5.16 Å². The van der Waals surface area contributed by atoms with Gasteiger partial charge in [-0.1, -0.05) is 5.16 Å². The molecule has 6 nitrogen and oxygen atoms in total. The Labute approximate surface area is 149 Å². The minimum Gasteiger partial charge on any atom is -0.480 e. The molecule has 1 atom stereocenters. The number of aliphatic carboxylic acids is 1. The van der Waals surface area contributed by atoms with Crippen molar-refractivity contribution in [2.45, 2.75) is 32.2 Å². The van der Waals surface area contributed by atoms with Crippen molar-refractivity contribution < 1.29 is 59.2 Å². The smallest absolute Gasteiger partial charge is 0.320 e. The molecule has 0 rings (SSSR count). The molecule has 0 spiro atoms. The normalized spacial score (nSPS) is 11.3. The molecule has 17 heavy (non-hydrogen) atoms. The van der Waals surface area contributed by atoms with Gasteiger partial charge in [0.1, 0.15) is 11.9 Å². The van der Waals surface area contributed by atoms with Crippen LogP contribution in [-0.2, 0) is 4.79 Å². The number of halogens is 2. The molecule has 0 aliphatic carbocycles. The number of hydrogen-bond donors (Lipinski definition) is 4. The molecule has 0 saturated heterocycles. The second-order valence-corrected chi connectivity index (χ2v) is 3.05. The van der Waals surface area contributed by atoms with Crippen LogP contribution >= 0.6 is 24.8 Å². The molecule has 1 radical (unpaired) electrons. The number of amidine groups is 1. The summed E-state index contributed by atoms with van der Waals surface area (Å²) in [5.74, 6) is -0.515. The Kier molecular flexibility index (Phi) is 25.9. The van der Waals surface area contributed by atoms with Gasteiger partial charge in [-0.15, -0.1) is 24.8 Å². The molecule has 0 amide bonds. The first-order valence-electron chi connectivity index (χ1n) is 4.49. The molecule has 0 unspecified atom stereocenters. The average Bonchev–Trinajstić information content (AvgIpc) is 2.16. The molecule has 101 valence electrons. The van der Waals surface area contributed by atoms with E-state index < -0.39 is 12.0 Å². The van der Waals surface area contributed by atoms with E-state index >= 15 is 0 Å². The van der Waals surface area contributed by atoms with Gasteiger partial charge in [0.05, 0.1) is 0 Å². The number of unbranched alkanes of at least 4 members (excludes halogenated alkanes) is 1. The molecule has 5 N–H and O–H groups in total. The Balaban J connectivity index is -0.000000282. The van der Waals surface area contributed by atoms with E-state index in [2.05, 4.69) is 10.5 Å². The van der Waals surface area contributed by atoms with E-state index in [1.807, 2.05) is 0 Å². The first-order chi connectivity index (χ1) is 6.57. The minimum atomic E-state index is -0.967. The molecule has 0 aliphatic rings. The molecule has 0 saturated carbocycles. The molecule has 0 aromatic heterocycles. The third-order valence-corrected chi connectivity index (χ3v) is 1.79. The van der Waals surface area contributed by atoms with Crippen LogP contribution in [0, 0.1) is 44.1 Å². The third kappa shape index (κ3) is 16.7. The summed E-state index contributed by atoms with van der Waals surface area (Å²) in [7, 11) is 0. The number of carbonyl (C=O) groups is 1. The summed E-state index contributed by atoms with van der Waals surface area (Å²) in [6, 6.07) is -0.775. The maximum Gasteiger partial charge on any atom is 0.320 e. The molecule has 9 heteroatoms. The Morgan fingerprint density at radius 3 is 2.35 bits per heavy atom. The van der Waals surface area contributed by atoms with Crippen molar-refractivity contribution in [3.63, 3.8) is 0 Å². The number of nitrogens with one attached hydrogen (secondary N) is 1. The molecule has 0 heterocycles. The molecule has 0 bridgehead atoms. The molecular weight excluding hydrogens is 484 g/mol. The number of carboxylic acid groups (broad SMARTS) is 1. The maximum atomic E-state index is 10.3. The maximum absolute atomic E-state index is 10.3. The van der Waals surface area contributed by atoms with Crippen LogP contribution in [0.3, 0.4) is 0 Å². The fourth-order valence-electron chi connectivity index (χ4n) is 0.917. The van der Waals surface area contributed by atoms with Gasteiger partial charge >= 0.3 is 5.97 Å². The number of rotatable bonds is 6. The standard InChI is InChI=1S/C8H17N3O3.Ac.2ClH/c1-6(11-14)10-5-3-2-4-7(9)8(12)13;;;/h7,14H,2-5,9H2,1H3,(H,10,11)(H,12,13);;2*1H/t7-;;;/m0.../s1. The average molecular weight is 503 g/mol. The number of nitrogens with zero attached hydrogens (tertiary/aromatic N) is 1. The van der Waals surface area contributed by atoms with E-state index in [1.54, 1.807) is 6.92 Å². The van der Waals surface area contributed by atoms with Gasteiger partial charge in [-0.3, -0.25) is 4.79 Å². The Hall–Kier alpha value is 0.722. The van der Waals surface area contributed by atoms with Crippen molar-refractivity contribution >= 4 is 36.6 Å². The molecule has 0 aromatic carbocycles. The van der Waals surface area contributed by atoms with Gasteiger partial charge in [0, 0.05) is 50.6 Å². The Morgan fingerprint density at radius 1 is 1.41 bits per heavy atom. The zero-order valence-electron chi connectivity index (χ0n) is 9.63. The van der Waals surface area contributed by atoms with Gasteiger partial charge in [-0.2, -0.15) is 0 Å². The quantitative estimate of drug-likeness (QED) is 0.141. The van der Waals surface area contributed by atoms with E-state index in [0.717, 1.165) is 12.8 Å². The fraction of sp³-hybridized carbons (Fsp3) is 0.750. The van der Waals surface area contributed by atoms with Crippen molar-refractivity contribution in [3.8, 4) is 0 Å². The first kappa shape index (κ1) is 26.3. The van der Waals surface area contributed by atoms with Crippen molar-refractivity contribution in [1.82, 2.24) is 5.32 Å². The van der Waals surface area contributed by atoms with Gasteiger partial charge in [0.25, 0.3) is 0 Å². The van der Waals surface area contributed by atoms with Crippen LogP contribution in [0.25, 0.3) is 0 Å². The van der Waals surface area contributed by atoms with Gasteiger partial charge in [-0.25, -0.2) is 0 Å². The van der Waals surface area contributed by atoms with Gasteiger partial charge < -0.3 is 21.4 Å². The SMILES string of the molecule is C/C(=N\O)NCCCC[C@H](N)C(=O)O.Cl.Cl.[Ac]. The number of oxime groups is 1. The zero-order valence-corrected chi connectivity index (χ0v) is 16.0. The Bertz CT molecular complexity index is 220. The first-order valence-corrected chi connectivity index (χ1v) is 4.49. The second-order valence-electron chi connectivity index (χ2n) is 3.05. The van der Waals surface area contributed by atoms with Crippen LogP contribution in [0.2, 0.25) is 0 Å². The van der Waals surface area contributed by atoms with Crippen molar-refractivity contribution in [2.75, 3.05) is 6.54 Å². The number of carboxylic acids is 1. The van der Waals surface area contributed by atoms with Gasteiger partial charge in [-0.05, 0) is 26.2 Å². The number of hydrogen-bond acceptors (Lipinski definition) is 4. The number of nitrogens with two attached hydrogens (primary N) is 1. The van der Waals surface area contributed by atoms with E-state index in [4.69, 9.17) is 16.0 Å². The largest absolute Gasteiger partial charge is 0.480 e. The molecule has 0 aromatic rings. The fourth-order valence-corrected chi connectivity index (χ4v) is 0.917. The summed E-state index contributed by atoms with van der Waals surface area (Å²) >= 11 is 0. The Morgan fingerprint density at radius 2 is 1.94 bits per heavy atom. The topological polar surface area (TPSA) is 108 Å². The van der Waals surface area contributed by atoms with Crippen molar-refractivity contribution in [3.05, 3.63) is 0 Å². The van der Waals surface area contributed by atoms with E-state index in [9.17, 15) is 4.79 Å². The summed E-state index contributed by atoms with van der Waals surface area (Å²) in [5, 5.41) is 22.5. The molecule has 0 aliphatic heterocycles. The monoisotopic (exact) mass is 502 g/mol. The van der Waals surface area contributed by atoms with Crippen molar-refractivity contribution in [1.29, 1.82) is 0 Å². The van der Waals surface area contributed by atoms with Crippen LogP contribution < -0.4 is 11.1 Å². The zero-order chi connectivity index (χ0) is 11.0. The second kappa shape index (κ2) is 16.7. The molecule has 0 fully saturated rings. The van der Waals surface area contributed by atoms with Crippen LogP contribution in [-0.4, -0.2) is 34.7 Å². The van der Waals surface area contributed by atoms with Gasteiger partial charge in [0.2, 0.25) is 0 Å². The summed E-state index contributed by atoms with van der Waals surface area (Å²) in [5.41, 5.74) is 5.30. The summed E-state index contributed by atoms with van der Waals surface area (Å²) in [6.45, 7) is 2.30. The summed E-state index contributed by atoms with van der Waals surface area (Å²) in [4.78, 5) is 10.3.